The minimum absolute atomic E-state index is 0.584. The SMILES string of the molecule is Cc1c(CNc2ccc(NC(N)=O)cc2)cc(C#N)n1C. The standard InChI is InChI=1S/C15H17N5O/c1-10-11(7-14(8-16)20(10)2)9-18-12-3-5-13(6-4-12)19-15(17)21/h3-7,18H,9H2,1-2H3,(H3,17,19,21). The Balaban J connectivity index is 2.03. The van der Waals surface area contributed by atoms with Crippen molar-refractivity contribution in [3.8, 4) is 6.07 Å². The number of primary amides is 1. The first-order chi connectivity index (χ1) is 10.0. The Hall–Kier alpha value is -2.94. The van der Waals surface area contributed by atoms with Gasteiger partial charge in [0.1, 0.15) is 11.8 Å². The van der Waals surface area contributed by atoms with Gasteiger partial charge in [0.15, 0.2) is 0 Å². The van der Waals surface area contributed by atoms with Crippen molar-refractivity contribution in [1.29, 1.82) is 5.26 Å². The summed E-state index contributed by atoms with van der Waals surface area (Å²) in [7, 11) is 1.88. The molecule has 21 heavy (non-hydrogen) atoms. The second-order valence-corrected chi connectivity index (χ2v) is 4.73. The summed E-state index contributed by atoms with van der Waals surface area (Å²) in [6.07, 6.45) is 0. The Kier molecular flexibility index (Phi) is 4.14. The first kappa shape index (κ1) is 14.5. The molecule has 1 aromatic carbocycles. The number of anilines is 2. The molecule has 0 atom stereocenters. The highest BCUT2D eigenvalue weighted by Gasteiger charge is 2.08. The maximum atomic E-state index is 10.7. The fraction of sp³-hybridized carbons (Fsp3) is 0.200. The number of urea groups is 1. The smallest absolute Gasteiger partial charge is 0.316 e. The van der Waals surface area contributed by atoms with Gasteiger partial charge >= 0.3 is 6.03 Å². The molecule has 0 saturated heterocycles. The van der Waals surface area contributed by atoms with Crippen molar-refractivity contribution < 1.29 is 4.79 Å². The summed E-state index contributed by atoms with van der Waals surface area (Å²) in [5.74, 6) is 0. The number of nitriles is 1. The van der Waals surface area contributed by atoms with Crippen molar-refractivity contribution in [2.24, 2.45) is 12.8 Å². The lowest BCUT2D eigenvalue weighted by Crippen LogP contribution is -2.19. The van der Waals surface area contributed by atoms with E-state index in [9.17, 15) is 4.79 Å². The quantitative estimate of drug-likeness (QED) is 0.803. The maximum absolute atomic E-state index is 10.7. The van der Waals surface area contributed by atoms with Crippen LogP contribution < -0.4 is 16.4 Å². The van der Waals surface area contributed by atoms with Gasteiger partial charge in [-0.1, -0.05) is 0 Å². The second kappa shape index (κ2) is 6.01. The Labute approximate surface area is 123 Å². The van der Waals surface area contributed by atoms with Crippen LogP contribution in [0, 0.1) is 18.3 Å². The summed E-state index contributed by atoms with van der Waals surface area (Å²) in [4.78, 5) is 10.7. The van der Waals surface area contributed by atoms with E-state index >= 15 is 0 Å². The van der Waals surface area contributed by atoms with Crippen LogP contribution in [-0.2, 0) is 13.6 Å². The van der Waals surface area contributed by atoms with Crippen LogP contribution in [0.15, 0.2) is 30.3 Å². The minimum Gasteiger partial charge on any atom is -0.381 e. The lowest BCUT2D eigenvalue weighted by molar-refractivity contribution is 0.259. The molecule has 4 N–H and O–H groups in total. The molecule has 2 amide bonds. The van der Waals surface area contributed by atoms with E-state index in [2.05, 4.69) is 16.7 Å². The number of nitrogens with two attached hydrogens (primary N) is 1. The van der Waals surface area contributed by atoms with Crippen LogP contribution in [0.1, 0.15) is 17.0 Å². The summed E-state index contributed by atoms with van der Waals surface area (Å²) in [6, 6.07) is 10.7. The van der Waals surface area contributed by atoms with E-state index in [4.69, 9.17) is 11.0 Å². The molecule has 0 aliphatic heterocycles. The van der Waals surface area contributed by atoms with Gasteiger partial charge in [0.2, 0.25) is 0 Å². The fourth-order valence-corrected chi connectivity index (χ4v) is 2.06. The lowest BCUT2D eigenvalue weighted by Gasteiger charge is -2.08. The Morgan fingerprint density at radius 1 is 1.33 bits per heavy atom. The van der Waals surface area contributed by atoms with Gasteiger partial charge in [0.05, 0.1) is 0 Å². The van der Waals surface area contributed by atoms with E-state index in [1.54, 1.807) is 12.1 Å². The highest BCUT2D eigenvalue weighted by molar-refractivity contribution is 5.87. The lowest BCUT2D eigenvalue weighted by atomic mass is 10.2. The Morgan fingerprint density at radius 2 is 1.95 bits per heavy atom. The zero-order valence-electron chi connectivity index (χ0n) is 12.0. The van der Waals surface area contributed by atoms with Crippen LogP contribution in [0.25, 0.3) is 0 Å². The average Bonchev–Trinajstić information content (AvgIpc) is 2.73. The number of carbonyl (C=O) groups is 1. The number of amides is 2. The molecule has 6 heteroatoms. The molecule has 0 spiro atoms. The van der Waals surface area contributed by atoms with Crippen molar-refractivity contribution >= 4 is 17.4 Å². The largest absolute Gasteiger partial charge is 0.381 e. The molecule has 6 nitrogen and oxygen atoms in total. The number of rotatable bonds is 4. The predicted octanol–water partition coefficient (Wildman–Crippen LogP) is 2.31. The highest BCUT2D eigenvalue weighted by Crippen LogP contribution is 2.17. The molecule has 108 valence electrons. The van der Waals surface area contributed by atoms with Crippen LogP contribution in [0.5, 0.6) is 0 Å². The molecule has 1 heterocycles. The fourth-order valence-electron chi connectivity index (χ4n) is 2.06. The van der Waals surface area contributed by atoms with Gasteiger partial charge in [-0.15, -0.1) is 0 Å². The summed E-state index contributed by atoms with van der Waals surface area (Å²) in [5, 5.41) is 14.8. The zero-order valence-corrected chi connectivity index (χ0v) is 12.0. The minimum atomic E-state index is -0.584. The van der Waals surface area contributed by atoms with Crippen LogP contribution in [0.3, 0.4) is 0 Å². The zero-order chi connectivity index (χ0) is 15.4. The number of carbonyl (C=O) groups excluding carboxylic acids is 1. The molecule has 0 fully saturated rings. The summed E-state index contributed by atoms with van der Waals surface area (Å²) in [5.41, 5.74) is 9.40. The summed E-state index contributed by atoms with van der Waals surface area (Å²) in [6.45, 7) is 2.61. The third-order valence-corrected chi connectivity index (χ3v) is 3.39. The van der Waals surface area contributed by atoms with Crippen molar-refractivity contribution in [2.75, 3.05) is 10.6 Å². The topological polar surface area (TPSA) is 95.9 Å². The van der Waals surface area contributed by atoms with E-state index in [0.29, 0.717) is 17.9 Å². The van der Waals surface area contributed by atoms with Crippen molar-refractivity contribution in [3.63, 3.8) is 0 Å². The number of nitrogens with zero attached hydrogens (tertiary/aromatic N) is 2. The number of aromatic nitrogens is 1. The van der Waals surface area contributed by atoms with Gasteiger partial charge in [-0.2, -0.15) is 5.26 Å². The Bertz CT molecular complexity index is 694. The van der Waals surface area contributed by atoms with E-state index in [1.165, 1.54) is 0 Å². The van der Waals surface area contributed by atoms with Gasteiger partial charge in [-0.3, -0.25) is 0 Å². The summed E-state index contributed by atoms with van der Waals surface area (Å²) < 4.78 is 1.87. The van der Waals surface area contributed by atoms with Crippen molar-refractivity contribution in [3.05, 3.63) is 47.3 Å². The number of hydrogen-bond acceptors (Lipinski definition) is 3. The van der Waals surface area contributed by atoms with Crippen LogP contribution in [0.4, 0.5) is 16.2 Å². The maximum Gasteiger partial charge on any atom is 0.316 e. The third-order valence-electron chi connectivity index (χ3n) is 3.39. The van der Waals surface area contributed by atoms with E-state index in [0.717, 1.165) is 16.9 Å². The molecule has 0 aliphatic rings. The monoisotopic (exact) mass is 283 g/mol. The van der Waals surface area contributed by atoms with E-state index < -0.39 is 6.03 Å². The van der Waals surface area contributed by atoms with Crippen LogP contribution in [-0.4, -0.2) is 10.6 Å². The van der Waals surface area contributed by atoms with Gasteiger partial charge < -0.3 is 20.9 Å². The van der Waals surface area contributed by atoms with Gasteiger partial charge in [-0.05, 0) is 42.8 Å². The predicted molar refractivity (Wildman–Crippen MR) is 81.8 cm³/mol. The van der Waals surface area contributed by atoms with E-state index in [-0.39, 0.29) is 0 Å². The first-order valence-corrected chi connectivity index (χ1v) is 6.47. The molecule has 1 aromatic heterocycles. The number of hydrogen-bond donors (Lipinski definition) is 3. The molecule has 2 aromatic rings. The molecular weight excluding hydrogens is 266 g/mol. The molecule has 0 saturated carbocycles. The normalized spacial score (nSPS) is 9.95. The van der Waals surface area contributed by atoms with Crippen LogP contribution >= 0.6 is 0 Å². The molecule has 2 rings (SSSR count). The third kappa shape index (κ3) is 3.34. The number of nitrogens with one attached hydrogen (secondary N) is 2. The van der Waals surface area contributed by atoms with Gasteiger partial charge in [-0.25, -0.2) is 4.79 Å². The van der Waals surface area contributed by atoms with Crippen molar-refractivity contribution in [2.45, 2.75) is 13.5 Å². The molecular formula is C15H17N5O. The molecule has 0 bridgehead atoms. The molecule has 0 radical (unpaired) electrons. The second-order valence-electron chi connectivity index (χ2n) is 4.73. The highest BCUT2D eigenvalue weighted by atomic mass is 16.2. The Morgan fingerprint density at radius 3 is 2.48 bits per heavy atom. The van der Waals surface area contributed by atoms with Gasteiger partial charge in [0, 0.05) is 30.7 Å². The molecule has 0 unspecified atom stereocenters. The number of benzene rings is 1. The first-order valence-electron chi connectivity index (χ1n) is 6.47. The van der Waals surface area contributed by atoms with Crippen LogP contribution in [0.2, 0.25) is 0 Å². The molecule has 0 aliphatic carbocycles. The summed E-state index contributed by atoms with van der Waals surface area (Å²) >= 11 is 0. The van der Waals surface area contributed by atoms with E-state index in [1.807, 2.05) is 36.7 Å². The average molecular weight is 283 g/mol. The van der Waals surface area contributed by atoms with Crippen molar-refractivity contribution in [1.82, 2.24) is 4.57 Å². The van der Waals surface area contributed by atoms with Gasteiger partial charge in [0.25, 0.3) is 0 Å².